The molecule has 0 aliphatic carbocycles. The molecule has 0 unspecified atom stereocenters. The van der Waals surface area contributed by atoms with Crippen LogP contribution < -0.4 is 15.8 Å². The van der Waals surface area contributed by atoms with Crippen molar-refractivity contribution < 1.29 is 9.59 Å². The van der Waals surface area contributed by atoms with E-state index < -0.39 is 11.5 Å². The average Bonchev–Trinajstić information content (AvgIpc) is 2.81. The van der Waals surface area contributed by atoms with Crippen molar-refractivity contribution in [3.05, 3.63) is 82.8 Å². The standard InChI is InChI=1S/C24H22N4O3/c1-3-27(20-14-8-10-16-9-4-5-11-17(16)20)21(29)15-28-24(31)19-13-7-6-12-18(19)22(26-28)23(30)25-2/h4-14H,3,15H2,1-2H3,(H,25,30). The van der Waals surface area contributed by atoms with Gasteiger partial charge in [-0.05, 0) is 24.4 Å². The molecule has 4 rings (SSSR count). The minimum absolute atomic E-state index is 0.110. The maximum absolute atomic E-state index is 13.3. The lowest BCUT2D eigenvalue weighted by Crippen LogP contribution is -2.38. The van der Waals surface area contributed by atoms with Crippen molar-refractivity contribution in [3.63, 3.8) is 0 Å². The van der Waals surface area contributed by atoms with Crippen LogP contribution in [0.25, 0.3) is 21.5 Å². The zero-order chi connectivity index (χ0) is 22.0. The van der Waals surface area contributed by atoms with Crippen molar-refractivity contribution >= 4 is 39.0 Å². The molecule has 31 heavy (non-hydrogen) atoms. The fourth-order valence-electron chi connectivity index (χ4n) is 3.77. The first-order valence-electron chi connectivity index (χ1n) is 10.0. The molecule has 1 N–H and O–H groups in total. The number of likely N-dealkylation sites (N-methyl/N-ethyl adjacent to an activating group) is 1. The number of carbonyl (C=O) groups excluding carboxylic acids is 2. The van der Waals surface area contributed by atoms with Crippen LogP contribution in [-0.4, -0.2) is 35.2 Å². The fourth-order valence-corrected chi connectivity index (χ4v) is 3.77. The van der Waals surface area contributed by atoms with E-state index in [1.54, 1.807) is 29.2 Å². The second-order valence-electron chi connectivity index (χ2n) is 7.07. The third-order valence-corrected chi connectivity index (χ3v) is 5.27. The smallest absolute Gasteiger partial charge is 0.275 e. The highest BCUT2D eigenvalue weighted by molar-refractivity contribution is 6.05. The number of rotatable bonds is 5. The second kappa shape index (κ2) is 8.39. The number of carbonyl (C=O) groups is 2. The summed E-state index contributed by atoms with van der Waals surface area (Å²) in [5, 5.41) is 9.54. The fraction of sp³-hybridized carbons (Fsp3) is 0.167. The Kier molecular flexibility index (Phi) is 5.49. The number of benzene rings is 3. The Labute approximate surface area is 178 Å². The van der Waals surface area contributed by atoms with E-state index in [4.69, 9.17) is 0 Å². The molecular weight excluding hydrogens is 392 g/mol. The Morgan fingerprint density at radius 3 is 2.29 bits per heavy atom. The van der Waals surface area contributed by atoms with Gasteiger partial charge in [-0.3, -0.25) is 14.4 Å². The van der Waals surface area contributed by atoms with E-state index in [9.17, 15) is 14.4 Å². The molecule has 0 spiro atoms. The van der Waals surface area contributed by atoms with Gasteiger partial charge in [-0.2, -0.15) is 5.10 Å². The number of fused-ring (bicyclic) bond motifs is 2. The molecule has 3 aromatic carbocycles. The molecule has 0 fully saturated rings. The van der Waals surface area contributed by atoms with Crippen LogP contribution in [0.1, 0.15) is 17.4 Å². The van der Waals surface area contributed by atoms with Gasteiger partial charge in [0.15, 0.2) is 5.69 Å². The Hall–Kier alpha value is -4.00. The van der Waals surface area contributed by atoms with Crippen LogP contribution in [-0.2, 0) is 11.3 Å². The normalized spacial score (nSPS) is 10.9. The van der Waals surface area contributed by atoms with Crippen molar-refractivity contribution in [3.8, 4) is 0 Å². The lowest BCUT2D eigenvalue weighted by Gasteiger charge is -2.23. The summed E-state index contributed by atoms with van der Waals surface area (Å²) >= 11 is 0. The van der Waals surface area contributed by atoms with Crippen LogP contribution in [0.2, 0.25) is 0 Å². The van der Waals surface area contributed by atoms with E-state index in [1.165, 1.54) is 7.05 Å². The van der Waals surface area contributed by atoms with Crippen molar-refractivity contribution in [2.45, 2.75) is 13.5 Å². The molecule has 2 amide bonds. The van der Waals surface area contributed by atoms with Gasteiger partial charge in [0.05, 0.1) is 11.1 Å². The molecular formula is C24H22N4O3. The number of amides is 2. The van der Waals surface area contributed by atoms with Crippen LogP contribution in [0, 0.1) is 0 Å². The zero-order valence-electron chi connectivity index (χ0n) is 17.3. The third-order valence-electron chi connectivity index (χ3n) is 5.27. The van der Waals surface area contributed by atoms with E-state index in [1.807, 2.05) is 49.4 Å². The van der Waals surface area contributed by atoms with Gasteiger partial charge >= 0.3 is 0 Å². The van der Waals surface area contributed by atoms with Gasteiger partial charge in [0.2, 0.25) is 5.91 Å². The van der Waals surface area contributed by atoms with Crippen LogP contribution in [0.4, 0.5) is 5.69 Å². The van der Waals surface area contributed by atoms with Crippen molar-refractivity contribution in [1.29, 1.82) is 0 Å². The molecule has 0 aliphatic heterocycles. The molecule has 1 aromatic heterocycles. The number of nitrogens with zero attached hydrogens (tertiary/aromatic N) is 3. The molecule has 7 heteroatoms. The van der Waals surface area contributed by atoms with Gasteiger partial charge in [-0.25, -0.2) is 4.68 Å². The molecule has 0 saturated carbocycles. The summed E-state index contributed by atoms with van der Waals surface area (Å²) in [7, 11) is 1.50. The molecule has 0 saturated heterocycles. The number of nitrogens with one attached hydrogen (secondary N) is 1. The molecule has 4 aromatic rings. The van der Waals surface area contributed by atoms with E-state index in [-0.39, 0.29) is 18.1 Å². The first kappa shape index (κ1) is 20.3. The topological polar surface area (TPSA) is 84.3 Å². The first-order valence-corrected chi connectivity index (χ1v) is 10.0. The summed E-state index contributed by atoms with van der Waals surface area (Å²) in [5.41, 5.74) is 0.468. The summed E-state index contributed by atoms with van der Waals surface area (Å²) in [5.74, 6) is -0.703. The number of hydrogen-bond acceptors (Lipinski definition) is 4. The minimum Gasteiger partial charge on any atom is -0.354 e. The molecule has 0 atom stereocenters. The lowest BCUT2D eigenvalue weighted by molar-refractivity contribution is -0.119. The lowest BCUT2D eigenvalue weighted by atomic mass is 10.1. The molecule has 156 valence electrons. The predicted molar refractivity (Wildman–Crippen MR) is 121 cm³/mol. The zero-order valence-corrected chi connectivity index (χ0v) is 17.3. The highest BCUT2D eigenvalue weighted by Crippen LogP contribution is 2.27. The van der Waals surface area contributed by atoms with Crippen molar-refractivity contribution in [1.82, 2.24) is 15.1 Å². The number of hydrogen-bond donors (Lipinski definition) is 1. The average molecular weight is 414 g/mol. The number of anilines is 1. The van der Waals surface area contributed by atoms with Crippen LogP contribution in [0.15, 0.2) is 71.5 Å². The van der Waals surface area contributed by atoms with Gasteiger partial charge in [-0.1, -0.05) is 54.6 Å². The molecule has 0 aliphatic rings. The quantitative estimate of drug-likeness (QED) is 0.544. The largest absolute Gasteiger partial charge is 0.354 e. The summed E-state index contributed by atoms with van der Waals surface area (Å²) in [6.45, 7) is 2.04. The minimum atomic E-state index is -0.418. The summed E-state index contributed by atoms with van der Waals surface area (Å²) in [6, 6.07) is 20.4. The van der Waals surface area contributed by atoms with Gasteiger partial charge in [0, 0.05) is 24.4 Å². The van der Waals surface area contributed by atoms with E-state index >= 15 is 0 Å². The maximum Gasteiger partial charge on any atom is 0.275 e. The number of aromatic nitrogens is 2. The van der Waals surface area contributed by atoms with E-state index in [2.05, 4.69) is 10.4 Å². The summed E-state index contributed by atoms with van der Waals surface area (Å²) in [4.78, 5) is 40.2. The Morgan fingerprint density at radius 1 is 0.935 bits per heavy atom. The second-order valence-corrected chi connectivity index (χ2v) is 7.07. The summed E-state index contributed by atoms with van der Waals surface area (Å²) in [6.07, 6.45) is 0. The predicted octanol–water partition coefficient (Wildman–Crippen LogP) is 2.96. The van der Waals surface area contributed by atoms with Crippen molar-refractivity contribution in [2.75, 3.05) is 18.5 Å². The SMILES string of the molecule is CCN(C(=O)Cn1nc(C(=O)NC)c2ccccc2c1=O)c1cccc2ccccc12. The Balaban J connectivity index is 1.78. The molecule has 1 heterocycles. The van der Waals surface area contributed by atoms with Crippen LogP contribution >= 0.6 is 0 Å². The van der Waals surface area contributed by atoms with Gasteiger partial charge in [-0.15, -0.1) is 0 Å². The highest BCUT2D eigenvalue weighted by Gasteiger charge is 2.21. The van der Waals surface area contributed by atoms with Gasteiger partial charge in [0.25, 0.3) is 11.5 Å². The molecule has 0 bridgehead atoms. The Bertz CT molecular complexity index is 1350. The molecule has 0 radical (unpaired) electrons. The van der Waals surface area contributed by atoms with Gasteiger partial charge < -0.3 is 10.2 Å². The Morgan fingerprint density at radius 2 is 1.58 bits per heavy atom. The van der Waals surface area contributed by atoms with E-state index in [0.29, 0.717) is 17.3 Å². The van der Waals surface area contributed by atoms with Crippen molar-refractivity contribution in [2.24, 2.45) is 0 Å². The highest BCUT2D eigenvalue weighted by atomic mass is 16.2. The third kappa shape index (κ3) is 3.66. The van der Waals surface area contributed by atoms with Crippen LogP contribution in [0.3, 0.4) is 0 Å². The van der Waals surface area contributed by atoms with Gasteiger partial charge in [0.1, 0.15) is 6.54 Å². The molecule has 7 nitrogen and oxygen atoms in total. The van der Waals surface area contributed by atoms with E-state index in [0.717, 1.165) is 21.1 Å². The summed E-state index contributed by atoms with van der Waals surface area (Å²) < 4.78 is 1.07. The maximum atomic E-state index is 13.3. The monoisotopic (exact) mass is 414 g/mol. The van der Waals surface area contributed by atoms with Crippen LogP contribution in [0.5, 0.6) is 0 Å². The first-order chi connectivity index (χ1) is 15.0.